The molecule has 2 heterocycles. The molecule has 0 amide bonds. The van der Waals surface area contributed by atoms with Crippen molar-refractivity contribution in [2.24, 2.45) is 10.9 Å². The fraction of sp³-hybridized carbons (Fsp3) is 0.111. The Hall–Kier alpha value is -2.13. The molecular weight excluding hydrogens is 276 g/mol. The largest absolute Gasteiger partial charge is 0.283 e. The maximum absolute atomic E-state index is 4.68. The quantitative estimate of drug-likeness (QED) is 0.810. The lowest BCUT2D eigenvalue weighted by Crippen LogP contribution is -2.15. The van der Waals surface area contributed by atoms with E-state index in [1.54, 1.807) is 11.8 Å². The first-order chi connectivity index (χ1) is 10.4. The second-order valence-corrected chi connectivity index (χ2v) is 6.27. The molecule has 4 rings (SSSR count). The van der Waals surface area contributed by atoms with Crippen LogP contribution in [0.25, 0.3) is 6.08 Å². The Morgan fingerprint density at radius 3 is 2.81 bits per heavy atom. The third kappa shape index (κ3) is 2.45. The Morgan fingerprint density at radius 2 is 1.90 bits per heavy atom. The van der Waals surface area contributed by atoms with E-state index in [1.807, 2.05) is 24.6 Å². The Kier molecular flexibility index (Phi) is 3.20. The average molecular weight is 290 g/mol. The number of aromatic nitrogens is 1. The molecule has 1 aromatic carbocycles. The third-order valence-electron chi connectivity index (χ3n) is 3.71. The number of rotatable bonds is 2. The molecule has 0 saturated carbocycles. The van der Waals surface area contributed by atoms with Crippen LogP contribution in [-0.4, -0.2) is 11.2 Å². The van der Waals surface area contributed by atoms with Crippen molar-refractivity contribution < 1.29 is 0 Å². The second-order valence-electron chi connectivity index (χ2n) is 5.12. The van der Waals surface area contributed by atoms with Gasteiger partial charge >= 0.3 is 0 Å². The van der Waals surface area contributed by atoms with Gasteiger partial charge < -0.3 is 0 Å². The Balaban J connectivity index is 1.66. The van der Waals surface area contributed by atoms with Gasteiger partial charge in [0.1, 0.15) is 6.04 Å². The molecule has 2 unspecified atom stereocenters. The highest BCUT2D eigenvalue weighted by molar-refractivity contribution is 7.99. The van der Waals surface area contributed by atoms with Gasteiger partial charge in [-0.1, -0.05) is 48.2 Å². The van der Waals surface area contributed by atoms with Crippen molar-refractivity contribution in [2.75, 3.05) is 0 Å². The van der Waals surface area contributed by atoms with Crippen LogP contribution in [0.1, 0.15) is 17.3 Å². The van der Waals surface area contributed by atoms with Crippen LogP contribution in [0.5, 0.6) is 0 Å². The van der Waals surface area contributed by atoms with E-state index in [1.165, 1.54) is 15.4 Å². The number of dihydropyridines is 1. The summed E-state index contributed by atoms with van der Waals surface area (Å²) in [6.07, 6.45) is 12.4. The molecule has 2 nitrogen and oxygen atoms in total. The highest BCUT2D eigenvalue weighted by Crippen LogP contribution is 2.38. The van der Waals surface area contributed by atoms with Crippen LogP contribution in [0.3, 0.4) is 0 Å². The molecule has 0 N–H and O–H groups in total. The Morgan fingerprint density at radius 1 is 1.00 bits per heavy atom. The second kappa shape index (κ2) is 5.34. The molecule has 0 bridgehead atoms. The van der Waals surface area contributed by atoms with Gasteiger partial charge in [-0.15, -0.1) is 0 Å². The van der Waals surface area contributed by atoms with Crippen LogP contribution in [0.4, 0.5) is 0 Å². The van der Waals surface area contributed by atoms with Gasteiger partial charge in [-0.3, -0.25) is 9.98 Å². The zero-order chi connectivity index (χ0) is 14.1. The SMILES string of the molecule is C1=CC2C=Cc3cc(Sc4ccccc4)cnc3C2N=C1. The normalized spacial score (nSPS) is 21.9. The number of pyridine rings is 1. The van der Waals surface area contributed by atoms with Crippen LogP contribution in [0, 0.1) is 5.92 Å². The number of benzene rings is 1. The maximum Gasteiger partial charge on any atom is 0.102 e. The van der Waals surface area contributed by atoms with Gasteiger partial charge in [-0.2, -0.15) is 0 Å². The molecule has 0 spiro atoms. The van der Waals surface area contributed by atoms with E-state index in [4.69, 9.17) is 0 Å². The van der Waals surface area contributed by atoms with Crippen molar-refractivity contribution in [1.29, 1.82) is 0 Å². The average Bonchev–Trinajstić information content (AvgIpc) is 2.55. The van der Waals surface area contributed by atoms with E-state index >= 15 is 0 Å². The molecule has 21 heavy (non-hydrogen) atoms. The minimum atomic E-state index is 0.144. The lowest BCUT2D eigenvalue weighted by atomic mass is 9.87. The van der Waals surface area contributed by atoms with Crippen LogP contribution in [0.15, 0.2) is 75.6 Å². The molecule has 0 fully saturated rings. The van der Waals surface area contributed by atoms with Gasteiger partial charge in [0.15, 0.2) is 0 Å². The van der Waals surface area contributed by atoms with Crippen LogP contribution >= 0.6 is 11.8 Å². The summed E-state index contributed by atoms with van der Waals surface area (Å²) in [6, 6.07) is 12.7. The van der Waals surface area contributed by atoms with Crippen LogP contribution in [0.2, 0.25) is 0 Å². The molecule has 3 heteroatoms. The van der Waals surface area contributed by atoms with Gasteiger partial charge in [0, 0.05) is 28.1 Å². The monoisotopic (exact) mass is 290 g/mol. The van der Waals surface area contributed by atoms with E-state index < -0.39 is 0 Å². The molecule has 0 saturated heterocycles. The van der Waals surface area contributed by atoms with Gasteiger partial charge in [0.05, 0.1) is 5.69 Å². The molecule has 0 radical (unpaired) electrons. The summed E-state index contributed by atoms with van der Waals surface area (Å²) in [7, 11) is 0. The molecule has 102 valence electrons. The summed E-state index contributed by atoms with van der Waals surface area (Å²) in [6.45, 7) is 0. The zero-order valence-corrected chi connectivity index (χ0v) is 12.2. The lowest BCUT2D eigenvalue weighted by molar-refractivity contribution is 0.593. The first-order valence-electron chi connectivity index (χ1n) is 7.01. The molecule has 2 aromatic rings. The number of fused-ring (bicyclic) bond motifs is 3. The predicted molar refractivity (Wildman–Crippen MR) is 87.7 cm³/mol. The molecule has 1 aliphatic carbocycles. The summed E-state index contributed by atoms with van der Waals surface area (Å²) in [5, 5.41) is 0. The zero-order valence-electron chi connectivity index (χ0n) is 11.4. The highest BCUT2D eigenvalue weighted by Gasteiger charge is 2.26. The number of allylic oxidation sites excluding steroid dienone is 1. The highest BCUT2D eigenvalue weighted by atomic mass is 32.2. The van der Waals surface area contributed by atoms with E-state index in [9.17, 15) is 0 Å². The summed E-state index contributed by atoms with van der Waals surface area (Å²) < 4.78 is 0. The summed E-state index contributed by atoms with van der Waals surface area (Å²) in [5.41, 5.74) is 2.27. The minimum absolute atomic E-state index is 0.144. The molecule has 1 aromatic heterocycles. The van der Waals surface area contributed by atoms with Gasteiger partial charge in [-0.05, 0) is 29.8 Å². The number of nitrogens with zero attached hydrogens (tertiary/aromatic N) is 2. The van der Waals surface area contributed by atoms with E-state index in [-0.39, 0.29) is 6.04 Å². The maximum atomic E-state index is 4.68. The van der Waals surface area contributed by atoms with Crippen molar-refractivity contribution in [3.63, 3.8) is 0 Å². The lowest BCUT2D eigenvalue weighted by Gasteiger charge is -2.25. The van der Waals surface area contributed by atoms with E-state index in [0.717, 1.165) is 5.69 Å². The summed E-state index contributed by atoms with van der Waals surface area (Å²) in [4.78, 5) is 11.7. The van der Waals surface area contributed by atoms with Crippen molar-refractivity contribution in [3.05, 3.63) is 72.1 Å². The van der Waals surface area contributed by atoms with Crippen molar-refractivity contribution in [2.45, 2.75) is 15.8 Å². The fourth-order valence-corrected chi connectivity index (χ4v) is 3.55. The first-order valence-corrected chi connectivity index (χ1v) is 7.83. The summed E-state index contributed by atoms with van der Waals surface area (Å²) in [5.74, 6) is 0.350. The Bertz CT molecular complexity index is 747. The summed E-state index contributed by atoms with van der Waals surface area (Å²) >= 11 is 1.74. The number of hydrogen-bond donors (Lipinski definition) is 0. The smallest absolute Gasteiger partial charge is 0.102 e. The van der Waals surface area contributed by atoms with Crippen molar-refractivity contribution in [1.82, 2.24) is 4.98 Å². The minimum Gasteiger partial charge on any atom is -0.283 e. The first kappa shape index (κ1) is 12.6. The molecule has 1 aliphatic heterocycles. The topological polar surface area (TPSA) is 25.2 Å². The third-order valence-corrected chi connectivity index (χ3v) is 4.68. The molecule has 2 atom stereocenters. The molecule has 2 aliphatic rings. The van der Waals surface area contributed by atoms with Crippen LogP contribution in [-0.2, 0) is 0 Å². The van der Waals surface area contributed by atoms with Gasteiger partial charge in [0.25, 0.3) is 0 Å². The van der Waals surface area contributed by atoms with Gasteiger partial charge in [-0.25, -0.2) is 0 Å². The number of hydrogen-bond acceptors (Lipinski definition) is 3. The van der Waals surface area contributed by atoms with E-state index in [0.29, 0.717) is 5.92 Å². The van der Waals surface area contributed by atoms with Crippen molar-refractivity contribution >= 4 is 24.1 Å². The Labute approximate surface area is 128 Å². The standard InChI is InChI=1S/C18H14N2S/c1-2-6-15(7-3-1)21-16-11-14-9-8-13-5-4-10-19-17(13)18(14)20-12-16/h1-13,17H. The van der Waals surface area contributed by atoms with Crippen molar-refractivity contribution in [3.8, 4) is 0 Å². The van der Waals surface area contributed by atoms with Crippen LogP contribution < -0.4 is 0 Å². The van der Waals surface area contributed by atoms with E-state index in [2.05, 4.69) is 58.5 Å². The van der Waals surface area contributed by atoms with Gasteiger partial charge in [0.2, 0.25) is 0 Å². The predicted octanol–water partition coefficient (Wildman–Crippen LogP) is 4.56. The fourth-order valence-electron chi connectivity index (χ4n) is 2.70. The molecular formula is C18H14N2S. The number of aliphatic imine (C=N–C) groups is 1.